The van der Waals surface area contributed by atoms with Crippen LogP contribution >= 0.6 is 12.2 Å². The minimum Gasteiger partial charge on any atom is -0.349 e. The number of hydrogen-bond acceptors (Lipinski definition) is 3. The Morgan fingerprint density at radius 2 is 2.04 bits per heavy atom. The molecule has 3 rings (SSSR count). The van der Waals surface area contributed by atoms with Gasteiger partial charge < -0.3 is 15.1 Å². The lowest BCUT2D eigenvalue weighted by atomic mass is 9.95. The third-order valence-corrected chi connectivity index (χ3v) is 5.78. The van der Waals surface area contributed by atoms with E-state index >= 15 is 0 Å². The van der Waals surface area contributed by atoms with Crippen LogP contribution in [-0.2, 0) is 11.3 Å². The molecule has 2 aliphatic rings. The van der Waals surface area contributed by atoms with Crippen molar-refractivity contribution in [3.05, 3.63) is 72.5 Å². The molecule has 28 heavy (non-hydrogen) atoms. The second kappa shape index (κ2) is 9.17. The number of thiocarbonyl (C=S) groups is 1. The van der Waals surface area contributed by atoms with Crippen LogP contribution in [0.25, 0.3) is 0 Å². The maximum Gasteiger partial charge on any atom is 0.238 e. The first kappa shape index (κ1) is 20.3. The van der Waals surface area contributed by atoms with Gasteiger partial charge in [0.05, 0.1) is 12.2 Å². The molecule has 6 heteroatoms. The van der Waals surface area contributed by atoms with Crippen molar-refractivity contribution in [2.24, 2.45) is 0 Å². The van der Waals surface area contributed by atoms with Gasteiger partial charge in [-0.3, -0.25) is 10.1 Å². The van der Waals surface area contributed by atoms with Gasteiger partial charge in [-0.2, -0.15) is 0 Å². The first-order valence-corrected chi connectivity index (χ1v) is 10.1. The number of amides is 1. The van der Waals surface area contributed by atoms with Gasteiger partial charge in [0.2, 0.25) is 5.91 Å². The SMILES string of the molecule is C=C/C=C\C(=C/C)NC(=S)N1CCC2(CC1)NCC(=O)N2Cc1ccccc1. The molecule has 0 saturated carbocycles. The third-order valence-electron chi connectivity index (χ3n) is 5.42. The Morgan fingerprint density at radius 3 is 2.68 bits per heavy atom. The van der Waals surface area contributed by atoms with Gasteiger partial charge in [-0.25, -0.2) is 0 Å². The number of carbonyl (C=O) groups is 1. The van der Waals surface area contributed by atoms with E-state index in [-0.39, 0.29) is 11.6 Å². The molecule has 0 atom stereocenters. The van der Waals surface area contributed by atoms with Crippen molar-refractivity contribution >= 4 is 23.2 Å². The molecule has 0 bridgehead atoms. The highest BCUT2D eigenvalue weighted by Gasteiger charge is 2.46. The normalized spacial score (nSPS) is 19.5. The summed E-state index contributed by atoms with van der Waals surface area (Å²) >= 11 is 5.60. The van der Waals surface area contributed by atoms with E-state index in [1.54, 1.807) is 6.08 Å². The van der Waals surface area contributed by atoms with Crippen molar-refractivity contribution in [2.45, 2.75) is 32.0 Å². The molecule has 0 unspecified atom stereocenters. The first-order valence-electron chi connectivity index (χ1n) is 9.69. The van der Waals surface area contributed by atoms with Crippen molar-refractivity contribution in [1.82, 2.24) is 20.4 Å². The van der Waals surface area contributed by atoms with Gasteiger partial charge in [0, 0.05) is 38.2 Å². The summed E-state index contributed by atoms with van der Waals surface area (Å²) in [4.78, 5) is 16.7. The van der Waals surface area contributed by atoms with E-state index in [4.69, 9.17) is 12.2 Å². The van der Waals surface area contributed by atoms with E-state index in [2.05, 4.69) is 34.2 Å². The van der Waals surface area contributed by atoms with E-state index in [1.807, 2.05) is 48.3 Å². The van der Waals surface area contributed by atoms with Gasteiger partial charge >= 0.3 is 0 Å². The molecule has 148 valence electrons. The van der Waals surface area contributed by atoms with Crippen molar-refractivity contribution < 1.29 is 4.79 Å². The number of piperidine rings is 1. The number of nitrogens with zero attached hydrogens (tertiary/aromatic N) is 2. The van der Waals surface area contributed by atoms with Crippen LogP contribution in [0.4, 0.5) is 0 Å². The Morgan fingerprint density at radius 1 is 1.32 bits per heavy atom. The van der Waals surface area contributed by atoms with Gasteiger partial charge in [0.15, 0.2) is 5.11 Å². The first-order chi connectivity index (χ1) is 13.6. The standard InChI is InChI=1S/C22H28N4OS/c1-3-5-11-19(4-2)24-21(28)25-14-12-22(13-15-25)23-16-20(27)26(22)17-18-9-7-6-8-10-18/h3-11,23H,1,12-17H2,2H3,(H,24,28)/b11-5-,19-4+. The van der Waals surface area contributed by atoms with E-state index in [0.717, 1.165) is 42.3 Å². The third kappa shape index (κ3) is 4.51. The molecule has 5 nitrogen and oxygen atoms in total. The lowest BCUT2D eigenvalue weighted by Gasteiger charge is -2.45. The number of hydrogen-bond donors (Lipinski definition) is 2. The van der Waals surface area contributed by atoms with Crippen molar-refractivity contribution in [1.29, 1.82) is 0 Å². The molecular formula is C22H28N4OS. The lowest BCUT2D eigenvalue weighted by molar-refractivity contribution is -0.132. The monoisotopic (exact) mass is 396 g/mol. The van der Waals surface area contributed by atoms with E-state index in [9.17, 15) is 4.79 Å². The molecule has 0 aromatic heterocycles. The predicted octanol–water partition coefficient (Wildman–Crippen LogP) is 2.93. The summed E-state index contributed by atoms with van der Waals surface area (Å²) in [5, 5.41) is 7.49. The molecule has 0 aliphatic carbocycles. The van der Waals surface area contributed by atoms with Crippen LogP contribution in [0.2, 0.25) is 0 Å². The summed E-state index contributed by atoms with van der Waals surface area (Å²) in [6.07, 6.45) is 9.25. The lowest BCUT2D eigenvalue weighted by Crippen LogP contribution is -2.59. The van der Waals surface area contributed by atoms with Crippen LogP contribution < -0.4 is 10.6 Å². The van der Waals surface area contributed by atoms with Crippen molar-refractivity contribution in [3.8, 4) is 0 Å². The molecule has 2 N–H and O–H groups in total. The minimum absolute atomic E-state index is 0.170. The highest BCUT2D eigenvalue weighted by molar-refractivity contribution is 7.80. The molecule has 0 radical (unpaired) electrons. The van der Waals surface area contributed by atoms with Crippen LogP contribution in [-0.4, -0.2) is 46.1 Å². The highest BCUT2D eigenvalue weighted by Crippen LogP contribution is 2.31. The maximum absolute atomic E-state index is 12.5. The Hall–Kier alpha value is -2.44. The van der Waals surface area contributed by atoms with Crippen molar-refractivity contribution in [2.75, 3.05) is 19.6 Å². The highest BCUT2D eigenvalue weighted by atomic mass is 32.1. The molecule has 2 aliphatic heterocycles. The Bertz CT molecular complexity index is 779. The van der Waals surface area contributed by atoms with E-state index in [1.165, 1.54) is 0 Å². The molecular weight excluding hydrogens is 368 g/mol. The molecule has 2 fully saturated rings. The molecule has 1 amide bonds. The van der Waals surface area contributed by atoms with Gasteiger partial charge in [0.25, 0.3) is 0 Å². The van der Waals surface area contributed by atoms with Crippen LogP contribution in [0, 0.1) is 0 Å². The average molecular weight is 397 g/mol. The van der Waals surface area contributed by atoms with Gasteiger partial charge in [-0.05, 0) is 30.8 Å². The fourth-order valence-electron chi connectivity index (χ4n) is 3.79. The van der Waals surface area contributed by atoms with Crippen molar-refractivity contribution in [3.63, 3.8) is 0 Å². The van der Waals surface area contributed by atoms with Gasteiger partial charge in [-0.15, -0.1) is 0 Å². The molecule has 1 aromatic rings. The smallest absolute Gasteiger partial charge is 0.238 e. The summed E-state index contributed by atoms with van der Waals surface area (Å²) in [5.74, 6) is 0.170. The second-order valence-electron chi connectivity index (χ2n) is 7.11. The Labute approximate surface area is 172 Å². The van der Waals surface area contributed by atoms with Crippen LogP contribution in [0.5, 0.6) is 0 Å². The quantitative estimate of drug-likeness (QED) is 0.592. The fraction of sp³-hybridized carbons (Fsp3) is 0.364. The number of nitrogens with one attached hydrogen (secondary N) is 2. The molecule has 2 saturated heterocycles. The van der Waals surface area contributed by atoms with Gasteiger partial charge in [-0.1, -0.05) is 55.1 Å². The number of benzene rings is 1. The number of allylic oxidation sites excluding steroid dienone is 4. The van der Waals surface area contributed by atoms with Crippen LogP contribution in [0.1, 0.15) is 25.3 Å². The molecule has 1 spiro atoms. The van der Waals surface area contributed by atoms with E-state index in [0.29, 0.717) is 13.1 Å². The summed E-state index contributed by atoms with van der Waals surface area (Å²) < 4.78 is 0. The molecule has 1 aromatic carbocycles. The Balaban J connectivity index is 1.62. The van der Waals surface area contributed by atoms with Crippen LogP contribution in [0.3, 0.4) is 0 Å². The number of likely N-dealkylation sites (tertiary alicyclic amines) is 1. The zero-order valence-corrected chi connectivity index (χ0v) is 17.2. The zero-order valence-electron chi connectivity index (χ0n) is 16.4. The maximum atomic E-state index is 12.5. The minimum atomic E-state index is -0.273. The van der Waals surface area contributed by atoms with E-state index < -0.39 is 0 Å². The Kier molecular flexibility index (Phi) is 6.65. The molecule has 2 heterocycles. The second-order valence-corrected chi connectivity index (χ2v) is 7.49. The summed E-state index contributed by atoms with van der Waals surface area (Å²) in [5.41, 5.74) is 1.83. The summed E-state index contributed by atoms with van der Waals surface area (Å²) in [6.45, 7) is 8.33. The zero-order chi connectivity index (χ0) is 20.0. The average Bonchev–Trinajstić information content (AvgIpc) is 3.02. The van der Waals surface area contributed by atoms with Crippen LogP contribution in [0.15, 0.2) is 66.9 Å². The number of rotatable bonds is 5. The fourth-order valence-corrected chi connectivity index (χ4v) is 4.09. The number of carbonyl (C=O) groups excluding carboxylic acids is 1. The summed E-state index contributed by atoms with van der Waals surface area (Å²) in [7, 11) is 0. The predicted molar refractivity (Wildman–Crippen MR) is 117 cm³/mol. The van der Waals surface area contributed by atoms with Gasteiger partial charge in [0.1, 0.15) is 0 Å². The summed E-state index contributed by atoms with van der Waals surface area (Å²) in [6, 6.07) is 10.2. The largest absolute Gasteiger partial charge is 0.349 e. The topological polar surface area (TPSA) is 47.6 Å².